The molecule has 0 saturated heterocycles. The molecule has 0 aliphatic carbocycles. The van der Waals surface area contributed by atoms with E-state index in [0.29, 0.717) is 0 Å². The number of aromatic nitrogens is 3. The van der Waals surface area contributed by atoms with Crippen molar-refractivity contribution in [2.75, 3.05) is 6.54 Å². The summed E-state index contributed by atoms with van der Waals surface area (Å²) in [6, 6.07) is 3.86. The summed E-state index contributed by atoms with van der Waals surface area (Å²) in [6.45, 7) is 4.95. The Kier molecular flexibility index (Phi) is 3.12. The van der Waals surface area contributed by atoms with Crippen LogP contribution in [0, 0.1) is 6.92 Å². The lowest BCUT2D eigenvalue weighted by Gasteiger charge is -2.26. The average Bonchev–Trinajstić information content (AvgIpc) is 3.18. The van der Waals surface area contributed by atoms with Crippen molar-refractivity contribution in [1.82, 2.24) is 20.1 Å². The van der Waals surface area contributed by atoms with Crippen LogP contribution in [0.15, 0.2) is 29.0 Å². The number of nitrogens with zero attached hydrogens (tertiary/aromatic N) is 3. The second kappa shape index (κ2) is 5.13. The van der Waals surface area contributed by atoms with Crippen LogP contribution >= 0.6 is 11.3 Å². The Morgan fingerprint density at radius 1 is 1.48 bits per heavy atom. The maximum atomic E-state index is 5.49. The van der Waals surface area contributed by atoms with Gasteiger partial charge in [0.05, 0.1) is 11.3 Å². The zero-order valence-electron chi connectivity index (χ0n) is 11.8. The first kappa shape index (κ1) is 12.8. The van der Waals surface area contributed by atoms with E-state index >= 15 is 0 Å². The lowest BCUT2D eigenvalue weighted by molar-refractivity contribution is 0.247. The fourth-order valence-corrected chi connectivity index (χ4v) is 3.64. The molecule has 0 unspecified atom stereocenters. The van der Waals surface area contributed by atoms with Crippen LogP contribution in [0.5, 0.6) is 0 Å². The Hall–Kier alpha value is -1.92. The zero-order chi connectivity index (χ0) is 14.2. The lowest BCUT2D eigenvalue weighted by atomic mass is 10.0. The summed E-state index contributed by atoms with van der Waals surface area (Å²) in [5.74, 6) is 0.836. The third-order valence-corrected chi connectivity index (χ3v) is 4.71. The molecule has 4 heterocycles. The van der Waals surface area contributed by atoms with Crippen LogP contribution in [0.1, 0.15) is 21.1 Å². The van der Waals surface area contributed by atoms with Crippen molar-refractivity contribution in [2.24, 2.45) is 0 Å². The predicted octanol–water partition coefficient (Wildman–Crippen LogP) is 2.99. The van der Waals surface area contributed by atoms with Crippen LogP contribution in [0.4, 0.5) is 0 Å². The van der Waals surface area contributed by atoms with Gasteiger partial charge in [-0.3, -0.25) is 10.00 Å². The Bertz CT molecular complexity index is 744. The van der Waals surface area contributed by atoms with Gasteiger partial charge in [-0.1, -0.05) is 0 Å². The van der Waals surface area contributed by atoms with Gasteiger partial charge in [-0.05, 0) is 19.1 Å². The minimum Gasteiger partial charge on any atom is -0.463 e. The van der Waals surface area contributed by atoms with Crippen LogP contribution < -0.4 is 0 Å². The molecule has 0 bridgehead atoms. The van der Waals surface area contributed by atoms with E-state index in [1.165, 1.54) is 16.1 Å². The van der Waals surface area contributed by atoms with Gasteiger partial charge in [0.2, 0.25) is 0 Å². The number of hydrogen-bond donors (Lipinski definition) is 1. The number of nitrogens with one attached hydrogen (secondary N) is 1. The summed E-state index contributed by atoms with van der Waals surface area (Å²) >= 11 is 1.77. The summed E-state index contributed by atoms with van der Waals surface area (Å²) in [4.78, 5) is 8.09. The summed E-state index contributed by atoms with van der Waals surface area (Å²) in [7, 11) is 0. The van der Waals surface area contributed by atoms with Crippen LogP contribution in [-0.4, -0.2) is 26.6 Å². The van der Waals surface area contributed by atoms with Crippen molar-refractivity contribution in [3.05, 3.63) is 45.7 Å². The molecule has 3 aromatic rings. The monoisotopic (exact) mass is 300 g/mol. The zero-order valence-corrected chi connectivity index (χ0v) is 12.6. The molecule has 5 nitrogen and oxygen atoms in total. The molecule has 1 aliphatic heterocycles. The van der Waals surface area contributed by atoms with Gasteiger partial charge in [0, 0.05) is 48.4 Å². The van der Waals surface area contributed by atoms with E-state index in [2.05, 4.69) is 20.1 Å². The molecule has 3 aromatic heterocycles. The van der Waals surface area contributed by atoms with Crippen LogP contribution in [-0.2, 0) is 19.5 Å². The molecule has 0 spiro atoms. The van der Waals surface area contributed by atoms with Gasteiger partial charge in [-0.25, -0.2) is 4.98 Å². The highest BCUT2D eigenvalue weighted by atomic mass is 32.1. The van der Waals surface area contributed by atoms with E-state index in [9.17, 15) is 0 Å². The lowest BCUT2D eigenvalue weighted by Crippen LogP contribution is -2.29. The van der Waals surface area contributed by atoms with Gasteiger partial charge < -0.3 is 4.42 Å². The first-order valence-electron chi connectivity index (χ1n) is 7.03. The second-order valence-electron chi connectivity index (χ2n) is 5.31. The minimum atomic E-state index is 0.836. The average molecular weight is 300 g/mol. The molecule has 0 radical (unpaired) electrons. The van der Waals surface area contributed by atoms with Crippen molar-refractivity contribution in [3.8, 4) is 11.5 Å². The smallest absolute Gasteiger partial charge is 0.154 e. The fraction of sp³-hybridized carbons (Fsp3) is 0.333. The fourth-order valence-electron chi connectivity index (χ4n) is 2.80. The molecule has 0 amide bonds. The van der Waals surface area contributed by atoms with E-state index in [0.717, 1.165) is 42.5 Å². The topological polar surface area (TPSA) is 58.0 Å². The molecule has 0 atom stereocenters. The molecule has 0 aromatic carbocycles. The number of fused-ring (bicyclic) bond motifs is 1. The number of hydrogen-bond acceptors (Lipinski definition) is 5. The molecule has 1 aliphatic rings. The quantitative estimate of drug-likeness (QED) is 0.808. The van der Waals surface area contributed by atoms with Gasteiger partial charge in [-0.15, -0.1) is 11.3 Å². The van der Waals surface area contributed by atoms with E-state index in [-0.39, 0.29) is 0 Å². The van der Waals surface area contributed by atoms with Crippen LogP contribution in [0.2, 0.25) is 0 Å². The number of aromatic amines is 1. The molecular weight excluding hydrogens is 284 g/mol. The molecule has 6 heteroatoms. The molecule has 0 fully saturated rings. The van der Waals surface area contributed by atoms with E-state index in [4.69, 9.17) is 4.42 Å². The third-order valence-electron chi connectivity index (χ3n) is 3.82. The predicted molar refractivity (Wildman–Crippen MR) is 81.0 cm³/mol. The molecular formula is C15H16N4OS. The van der Waals surface area contributed by atoms with Crippen molar-refractivity contribution in [2.45, 2.75) is 26.4 Å². The van der Waals surface area contributed by atoms with E-state index in [1.807, 2.05) is 25.3 Å². The first-order valence-corrected chi connectivity index (χ1v) is 7.85. The Labute approximate surface area is 126 Å². The summed E-state index contributed by atoms with van der Waals surface area (Å²) < 4.78 is 5.49. The molecule has 21 heavy (non-hydrogen) atoms. The van der Waals surface area contributed by atoms with Crippen LogP contribution in [0.3, 0.4) is 0 Å². The molecule has 1 N–H and O–H groups in total. The molecule has 0 saturated carbocycles. The highest BCUT2D eigenvalue weighted by Crippen LogP contribution is 2.29. The maximum Gasteiger partial charge on any atom is 0.154 e. The maximum absolute atomic E-state index is 5.49. The van der Waals surface area contributed by atoms with Crippen molar-refractivity contribution in [3.63, 3.8) is 0 Å². The highest BCUT2D eigenvalue weighted by Gasteiger charge is 2.24. The Morgan fingerprint density at radius 2 is 2.43 bits per heavy atom. The first-order chi connectivity index (χ1) is 10.3. The normalized spacial score (nSPS) is 15.3. The number of aryl methyl sites for hydroxylation is 1. The SMILES string of the molecule is Cc1ncc(CN2CCc3[nH]nc(-c4ccco4)c3C2)s1. The second-order valence-corrected chi connectivity index (χ2v) is 6.63. The number of thiazole rings is 1. The van der Waals surface area contributed by atoms with Gasteiger partial charge in [0.1, 0.15) is 5.69 Å². The summed E-state index contributed by atoms with van der Waals surface area (Å²) in [5.41, 5.74) is 3.44. The van der Waals surface area contributed by atoms with E-state index in [1.54, 1.807) is 17.6 Å². The van der Waals surface area contributed by atoms with Crippen LogP contribution in [0.25, 0.3) is 11.5 Å². The number of rotatable bonds is 3. The minimum absolute atomic E-state index is 0.836. The largest absolute Gasteiger partial charge is 0.463 e. The molecule has 4 rings (SSSR count). The van der Waals surface area contributed by atoms with Gasteiger partial charge in [-0.2, -0.15) is 5.10 Å². The Morgan fingerprint density at radius 3 is 3.19 bits per heavy atom. The van der Waals surface area contributed by atoms with Crippen molar-refractivity contribution < 1.29 is 4.42 Å². The van der Waals surface area contributed by atoms with Crippen molar-refractivity contribution >= 4 is 11.3 Å². The van der Waals surface area contributed by atoms with E-state index < -0.39 is 0 Å². The Balaban J connectivity index is 1.58. The third kappa shape index (κ3) is 2.41. The summed E-state index contributed by atoms with van der Waals surface area (Å²) in [6.07, 6.45) is 4.68. The van der Waals surface area contributed by atoms with Gasteiger partial charge >= 0.3 is 0 Å². The number of H-pyrrole nitrogens is 1. The van der Waals surface area contributed by atoms with Gasteiger partial charge in [0.25, 0.3) is 0 Å². The number of furan rings is 1. The van der Waals surface area contributed by atoms with Crippen molar-refractivity contribution in [1.29, 1.82) is 0 Å². The standard InChI is InChI=1S/C15H16N4OS/c1-10-16-7-11(21-10)8-19-5-4-13-12(9-19)15(18-17-13)14-3-2-6-20-14/h2-3,6-7H,4-5,8-9H2,1H3,(H,17,18). The van der Waals surface area contributed by atoms with Gasteiger partial charge in [0.15, 0.2) is 5.76 Å². The highest BCUT2D eigenvalue weighted by molar-refractivity contribution is 7.11. The summed E-state index contributed by atoms with van der Waals surface area (Å²) in [5, 5.41) is 8.71. The molecule has 108 valence electrons.